The Kier molecular flexibility index (Phi) is 7.88. The Bertz CT molecular complexity index is 870. The van der Waals surface area contributed by atoms with Gasteiger partial charge in [-0.1, -0.05) is 17.3 Å². The summed E-state index contributed by atoms with van der Waals surface area (Å²) in [5.41, 5.74) is 2.04. The van der Waals surface area contributed by atoms with Gasteiger partial charge in [-0.3, -0.25) is 9.69 Å². The van der Waals surface area contributed by atoms with E-state index in [1.807, 2.05) is 37.3 Å². The summed E-state index contributed by atoms with van der Waals surface area (Å²) >= 11 is 0. The fraction of sp³-hybridized carbons (Fsp3) is 0.500. The molecule has 31 heavy (non-hydrogen) atoms. The third-order valence-electron chi connectivity index (χ3n) is 5.20. The highest BCUT2D eigenvalue weighted by Gasteiger charge is 2.21. The van der Waals surface area contributed by atoms with Gasteiger partial charge in [0.2, 0.25) is 5.91 Å². The van der Waals surface area contributed by atoms with Crippen LogP contribution >= 0.6 is 0 Å². The Morgan fingerprint density at radius 1 is 1.23 bits per heavy atom. The SMILES string of the molecule is COc1ccc(CN=C(NCC(=O)N(C)C)N2CCN(Cc3cc(C)on3)CC2)cc1. The zero-order chi connectivity index (χ0) is 22.2. The molecule has 1 aromatic heterocycles. The third kappa shape index (κ3) is 6.71. The largest absolute Gasteiger partial charge is 0.497 e. The normalized spacial score (nSPS) is 15.1. The number of carbonyl (C=O) groups is 1. The van der Waals surface area contributed by atoms with Crippen LogP contribution in [0.1, 0.15) is 17.0 Å². The van der Waals surface area contributed by atoms with Crippen LogP contribution < -0.4 is 10.1 Å². The van der Waals surface area contributed by atoms with Crippen molar-refractivity contribution in [3.05, 3.63) is 47.3 Å². The first-order valence-corrected chi connectivity index (χ1v) is 10.5. The molecule has 0 bridgehead atoms. The molecule has 3 rings (SSSR count). The predicted octanol–water partition coefficient (Wildman–Crippen LogP) is 1.34. The summed E-state index contributed by atoms with van der Waals surface area (Å²) < 4.78 is 10.4. The van der Waals surface area contributed by atoms with Crippen molar-refractivity contribution in [3.8, 4) is 5.75 Å². The average Bonchev–Trinajstić information content (AvgIpc) is 3.19. The van der Waals surface area contributed by atoms with Crippen molar-refractivity contribution >= 4 is 11.9 Å². The van der Waals surface area contributed by atoms with Gasteiger partial charge in [-0.05, 0) is 24.6 Å². The molecule has 168 valence electrons. The number of amides is 1. The van der Waals surface area contributed by atoms with Gasteiger partial charge in [0, 0.05) is 52.9 Å². The minimum absolute atomic E-state index is 0.0113. The summed E-state index contributed by atoms with van der Waals surface area (Å²) in [6.45, 7) is 6.83. The number of ether oxygens (including phenoxy) is 1. The maximum Gasteiger partial charge on any atom is 0.241 e. The number of likely N-dealkylation sites (N-methyl/N-ethyl adjacent to an activating group) is 1. The van der Waals surface area contributed by atoms with E-state index >= 15 is 0 Å². The smallest absolute Gasteiger partial charge is 0.241 e. The minimum atomic E-state index is 0.0113. The molecule has 1 saturated heterocycles. The topological polar surface area (TPSA) is 86.4 Å². The molecule has 2 aromatic rings. The molecule has 9 heteroatoms. The molecular formula is C22H32N6O3. The van der Waals surface area contributed by atoms with Crippen LogP contribution in [0, 0.1) is 6.92 Å². The Labute approximate surface area is 183 Å². The van der Waals surface area contributed by atoms with Crippen LogP contribution in [0.25, 0.3) is 0 Å². The first-order chi connectivity index (χ1) is 14.9. The number of hydrogen-bond acceptors (Lipinski definition) is 6. The summed E-state index contributed by atoms with van der Waals surface area (Å²) in [6.07, 6.45) is 0. The van der Waals surface area contributed by atoms with Gasteiger partial charge in [0.1, 0.15) is 11.5 Å². The molecule has 0 spiro atoms. The minimum Gasteiger partial charge on any atom is -0.497 e. The van der Waals surface area contributed by atoms with Gasteiger partial charge < -0.3 is 24.4 Å². The lowest BCUT2D eigenvalue weighted by Gasteiger charge is -2.36. The van der Waals surface area contributed by atoms with Gasteiger partial charge in [0.25, 0.3) is 0 Å². The molecule has 0 saturated carbocycles. The van der Waals surface area contributed by atoms with Gasteiger partial charge >= 0.3 is 0 Å². The Morgan fingerprint density at radius 3 is 2.52 bits per heavy atom. The lowest BCUT2D eigenvalue weighted by atomic mass is 10.2. The van der Waals surface area contributed by atoms with Crippen molar-refractivity contribution in [1.82, 2.24) is 25.2 Å². The number of aliphatic imine (C=N–C) groups is 1. The van der Waals surface area contributed by atoms with E-state index in [4.69, 9.17) is 14.3 Å². The summed E-state index contributed by atoms with van der Waals surface area (Å²) in [7, 11) is 5.16. The highest BCUT2D eigenvalue weighted by atomic mass is 16.5. The number of methoxy groups -OCH3 is 1. The number of guanidine groups is 1. The van der Waals surface area contributed by atoms with Gasteiger partial charge in [0.05, 0.1) is 25.9 Å². The molecule has 0 aliphatic carbocycles. The number of aryl methyl sites for hydroxylation is 1. The first kappa shape index (κ1) is 22.6. The fourth-order valence-electron chi connectivity index (χ4n) is 3.32. The number of piperazine rings is 1. The van der Waals surface area contributed by atoms with Crippen LogP contribution in [-0.2, 0) is 17.9 Å². The standard InChI is InChI=1S/C22H32N6O3/c1-17-13-19(25-31-17)16-27-9-11-28(12-10-27)22(24-15-21(29)26(2)3)23-14-18-5-7-20(30-4)8-6-18/h5-8,13H,9-12,14-16H2,1-4H3,(H,23,24). The summed E-state index contributed by atoms with van der Waals surface area (Å²) in [4.78, 5) is 23.0. The maximum atomic E-state index is 12.1. The number of benzene rings is 1. The average molecular weight is 429 g/mol. The van der Waals surface area contributed by atoms with Crippen molar-refractivity contribution in [2.45, 2.75) is 20.0 Å². The van der Waals surface area contributed by atoms with E-state index in [0.29, 0.717) is 6.54 Å². The van der Waals surface area contributed by atoms with E-state index in [1.165, 1.54) is 0 Å². The number of rotatable bonds is 7. The molecule has 9 nitrogen and oxygen atoms in total. The van der Waals surface area contributed by atoms with Gasteiger partial charge in [-0.25, -0.2) is 4.99 Å². The number of nitrogens with zero attached hydrogens (tertiary/aromatic N) is 5. The van der Waals surface area contributed by atoms with Crippen LogP contribution in [0.15, 0.2) is 39.8 Å². The second-order valence-corrected chi connectivity index (χ2v) is 7.82. The molecule has 2 heterocycles. The lowest BCUT2D eigenvalue weighted by molar-refractivity contribution is -0.127. The van der Waals surface area contributed by atoms with Crippen LogP contribution in [0.3, 0.4) is 0 Å². The Morgan fingerprint density at radius 2 is 1.94 bits per heavy atom. The van der Waals surface area contributed by atoms with E-state index in [0.717, 1.165) is 61.5 Å². The van der Waals surface area contributed by atoms with Crippen LogP contribution in [0.2, 0.25) is 0 Å². The molecule has 1 aliphatic heterocycles. The third-order valence-corrected chi connectivity index (χ3v) is 5.20. The molecule has 0 radical (unpaired) electrons. The number of nitrogens with one attached hydrogen (secondary N) is 1. The fourth-order valence-corrected chi connectivity index (χ4v) is 3.32. The molecule has 1 fully saturated rings. The van der Waals surface area contributed by atoms with Crippen molar-refractivity contribution in [3.63, 3.8) is 0 Å². The first-order valence-electron chi connectivity index (χ1n) is 10.5. The second-order valence-electron chi connectivity index (χ2n) is 7.82. The van der Waals surface area contributed by atoms with Crippen molar-refractivity contribution in [2.75, 3.05) is 53.9 Å². The van der Waals surface area contributed by atoms with E-state index < -0.39 is 0 Å². The van der Waals surface area contributed by atoms with Crippen molar-refractivity contribution in [2.24, 2.45) is 4.99 Å². The summed E-state index contributed by atoms with van der Waals surface area (Å²) in [5, 5.41) is 7.33. The molecule has 1 amide bonds. The number of hydrogen-bond donors (Lipinski definition) is 1. The predicted molar refractivity (Wildman–Crippen MR) is 119 cm³/mol. The summed E-state index contributed by atoms with van der Waals surface area (Å²) in [5.74, 6) is 2.41. The highest BCUT2D eigenvalue weighted by Crippen LogP contribution is 2.13. The molecular weight excluding hydrogens is 396 g/mol. The molecule has 1 aliphatic rings. The monoisotopic (exact) mass is 428 g/mol. The lowest BCUT2D eigenvalue weighted by Crippen LogP contribution is -2.53. The van der Waals surface area contributed by atoms with Crippen LogP contribution in [-0.4, -0.2) is 85.7 Å². The van der Waals surface area contributed by atoms with E-state index in [9.17, 15) is 4.79 Å². The molecule has 0 unspecified atom stereocenters. The van der Waals surface area contributed by atoms with Gasteiger partial charge in [-0.15, -0.1) is 0 Å². The summed E-state index contributed by atoms with van der Waals surface area (Å²) in [6, 6.07) is 9.84. The second kappa shape index (κ2) is 10.8. The van der Waals surface area contributed by atoms with Crippen LogP contribution in [0.5, 0.6) is 5.75 Å². The number of carbonyl (C=O) groups excluding carboxylic acids is 1. The zero-order valence-electron chi connectivity index (χ0n) is 18.8. The molecule has 0 atom stereocenters. The van der Waals surface area contributed by atoms with E-state index in [-0.39, 0.29) is 12.5 Å². The van der Waals surface area contributed by atoms with Gasteiger partial charge in [0.15, 0.2) is 5.96 Å². The Hall–Kier alpha value is -3.07. The molecule has 1 aromatic carbocycles. The van der Waals surface area contributed by atoms with Crippen molar-refractivity contribution < 1.29 is 14.1 Å². The van der Waals surface area contributed by atoms with E-state index in [1.54, 1.807) is 26.1 Å². The highest BCUT2D eigenvalue weighted by molar-refractivity contribution is 5.86. The quantitative estimate of drug-likeness (QED) is 0.526. The van der Waals surface area contributed by atoms with Gasteiger partial charge in [-0.2, -0.15) is 0 Å². The van der Waals surface area contributed by atoms with Crippen LogP contribution in [0.4, 0.5) is 0 Å². The molecule has 1 N–H and O–H groups in total. The van der Waals surface area contributed by atoms with Crippen molar-refractivity contribution in [1.29, 1.82) is 0 Å². The maximum absolute atomic E-state index is 12.1. The van der Waals surface area contributed by atoms with E-state index in [2.05, 4.69) is 20.3 Å². The number of aromatic nitrogens is 1. The Balaban J connectivity index is 1.61. The zero-order valence-corrected chi connectivity index (χ0v) is 18.8.